The van der Waals surface area contributed by atoms with E-state index in [1.165, 1.54) is 0 Å². The maximum absolute atomic E-state index is 10.8. The Hall–Kier alpha value is -0.740. The highest BCUT2D eigenvalue weighted by molar-refractivity contribution is 6.02. The first kappa shape index (κ1) is 8.36. The Morgan fingerprint density at radius 2 is 1.91 bits per heavy atom. The van der Waals surface area contributed by atoms with E-state index in [2.05, 4.69) is 0 Å². The van der Waals surface area contributed by atoms with E-state index in [0.29, 0.717) is 19.8 Å². The van der Waals surface area contributed by atoms with Gasteiger partial charge >= 0.3 is 0 Å². The number of carbonyl (C=O) groups is 2. The van der Waals surface area contributed by atoms with Crippen molar-refractivity contribution in [3.8, 4) is 0 Å². The van der Waals surface area contributed by atoms with Crippen molar-refractivity contribution in [1.82, 2.24) is 4.90 Å². The van der Waals surface area contributed by atoms with Crippen molar-refractivity contribution in [2.75, 3.05) is 26.9 Å². The van der Waals surface area contributed by atoms with Crippen LogP contribution in [0.1, 0.15) is 6.42 Å². The second-order valence-electron chi connectivity index (χ2n) is 2.66. The molecule has 0 aromatic rings. The van der Waals surface area contributed by atoms with Crippen molar-refractivity contribution in [2.24, 2.45) is 0 Å². The summed E-state index contributed by atoms with van der Waals surface area (Å²) in [6, 6.07) is 0. The summed E-state index contributed by atoms with van der Waals surface area (Å²) < 4.78 is 4.80. The molecule has 1 saturated heterocycles. The zero-order valence-electron chi connectivity index (χ0n) is 6.50. The number of carbonyl (C=O) groups excluding carboxylic acids is 2. The molecule has 0 spiro atoms. The molecule has 4 nitrogen and oxygen atoms in total. The highest BCUT2D eigenvalue weighted by Crippen LogP contribution is 2.01. The molecule has 0 aliphatic carbocycles. The molecule has 11 heavy (non-hydrogen) atoms. The number of methoxy groups -OCH3 is 1. The van der Waals surface area contributed by atoms with Gasteiger partial charge in [-0.25, -0.2) is 0 Å². The van der Waals surface area contributed by atoms with E-state index in [1.54, 1.807) is 12.0 Å². The minimum Gasteiger partial charge on any atom is -0.369 e. The van der Waals surface area contributed by atoms with Crippen LogP contribution in [0.4, 0.5) is 0 Å². The highest BCUT2D eigenvalue weighted by atomic mass is 16.5. The first-order chi connectivity index (χ1) is 5.22. The quantitative estimate of drug-likeness (QED) is 0.504. The Labute approximate surface area is 65.1 Å². The molecule has 0 unspecified atom stereocenters. The van der Waals surface area contributed by atoms with Gasteiger partial charge in [0.1, 0.15) is 0 Å². The van der Waals surface area contributed by atoms with Crippen molar-refractivity contribution < 1.29 is 14.3 Å². The van der Waals surface area contributed by atoms with Crippen LogP contribution in [0.5, 0.6) is 0 Å². The number of hydrogen-bond acceptors (Lipinski definition) is 4. The van der Waals surface area contributed by atoms with Crippen LogP contribution < -0.4 is 0 Å². The summed E-state index contributed by atoms with van der Waals surface area (Å²) in [5.74, 6) is -0.0309. The van der Waals surface area contributed by atoms with Crippen molar-refractivity contribution >= 4 is 11.6 Å². The molecule has 1 aliphatic rings. The molecule has 62 valence electrons. The fourth-order valence-electron chi connectivity index (χ4n) is 1.16. The molecule has 0 amide bonds. The lowest BCUT2D eigenvalue weighted by Gasteiger charge is -2.23. The standard InChI is InChI=1S/C7H11NO3/c1-11-5-8-3-6(9)2-7(10)4-8/h2-5H2,1H3. The predicted octanol–water partition coefficient (Wildman–Crippen LogP) is -0.566. The van der Waals surface area contributed by atoms with Gasteiger partial charge in [-0.2, -0.15) is 0 Å². The monoisotopic (exact) mass is 157 g/mol. The molecule has 4 heteroatoms. The van der Waals surface area contributed by atoms with E-state index >= 15 is 0 Å². The van der Waals surface area contributed by atoms with Gasteiger partial charge in [-0.05, 0) is 0 Å². The van der Waals surface area contributed by atoms with Gasteiger partial charge in [0.2, 0.25) is 0 Å². The first-order valence-electron chi connectivity index (χ1n) is 3.47. The van der Waals surface area contributed by atoms with Gasteiger partial charge in [-0.1, -0.05) is 0 Å². The molecule has 1 fully saturated rings. The van der Waals surface area contributed by atoms with Gasteiger partial charge in [0.25, 0.3) is 0 Å². The minimum absolute atomic E-state index is 0.0155. The maximum atomic E-state index is 10.8. The Morgan fingerprint density at radius 1 is 1.36 bits per heavy atom. The van der Waals surface area contributed by atoms with Crippen molar-refractivity contribution in [3.05, 3.63) is 0 Å². The molecule has 1 rings (SSSR count). The van der Waals surface area contributed by atoms with Crippen LogP contribution in [0.25, 0.3) is 0 Å². The first-order valence-corrected chi connectivity index (χ1v) is 3.47. The number of hydrogen-bond donors (Lipinski definition) is 0. The third kappa shape index (κ3) is 2.40. The maximum Gasteiger partial charge on any atom is 0.154 e. The van der Waals surface area contributed by atoms with Gasteiger partial charge in [-0.3, -0.25) is 14.5 Å². The van der Waals surface area contributed by atoms with Crippen molar-refractivity contribution in [1.29, 1.82) is 0 Å². The number of nitrogens with zero attached hydrogens (tertiary/aromatic N) is 1. The van der Waals surface area contributed by atoms with E-state index in [1.807, 2.05) is 0 Å². The highest BCUT2D eigenvalue weighted by Gasteiger charge is 2.22. The summed E-state index contributed by atoms with van der Waals surface area (Å²) in [6.45, 7) is 1.05. The van der Waals surface area contributed by atoms with Crippen LogP contribution in [0.15, 0.2) is 0 Å². The summed E-state index contributed by atoms with van der Waals surface area (Å²) >= 11 is 0. The Balaban J connectivity index is 2.43. The largest absolute Gasteiger partial charge is 0.369 e. The predicted molar refractivity (Wildman–Crippen MR) is 38.1 cm³/mol. The van der Waals surface area contributed by atoms with Gasteiger partial charge in [0.05, 0.1) is 26.2 Å². The van der Waals surface area contributed by atoms with Crippen LogP contribution in [0, 0.1) is 0 Å². The van der Waals surface area contributed by atoms with E-state index < -0.39 is 0 Å². The summed E-state index contributed by atoms with van der Waals surface area (Å²) in [5, 5.41) is 0. The number of piperidine rings is 1. The number of likely N-dealkylation sites (tertiary alicyclic amines) is 1. The smallest absolute Gasteiger partial charge is 0.154 e. The average Bonchev–Trinajstić information content (AvgIpc) is 1.85. The molecule has 0 aromatic heterocycles. The minimum atomic E-state index is -0.0155. The normalized spacial score (nSPS) is 20.8. The lowest BCUT2D eigenvalue weighted by molar-refractivity contribution is -0.134. The lowest BCUT2D eigenvalue weighted by Crippen LogP contribution is -2.41. The van der Waals surface area contributed by atoms with Crippen LogP contribution in [-0.4, -0.2) is 43.4 Å². The third-order valence-electron chi connectivity index (χ3n) is 1.51. The lowest BCUT2D eigenvalue weighted by atomic mass is 10.1. The van der Waals surface area contributed by atoms with E-state index in [4.69, 9.17) is 4.74 Å². The zero-order valence-corrected chi connectivity index (χ0v) is 6.50. The number of Topliss-reactive ketones (excluding diaryl/α,β-unsaturated/α-hetero) is 2. The van der Waals surface area contributed by atoms with Crippen LogP contribution in [0.2, 0.25) is 0 Å². The summed E-state index contributed by atoms with van der Waals surface area (Å²) in [6.07, 6.45) is 0.0974. The Kier molecular flexibility index (Phi) is 2.73. The molecule has 1 aliphatic heterocycles. The zero-order chi connectivity index (χ0) is 8.27. The van der Waals surface area contributed by atoms with Gasteiger partial charge in [-0.15, -0.1) is 0 Å². The van der Waals surface area contributed by atoms with E-state index in [9.17, 15) is 9.59 Å². The summed E-state index contributed by atoms with van der Waals surface area (Å²) in [5.41, 5.74) is 0. The SMILES string of the molecule is COCN1CC(=O)CC(=O)C1. The van der Waals surface area contributed by atoms with Gasteiger partial charge in [0, 0.05) is 7.11 Å². The molecule has 1 heterocycles. The second-order valence-corrected chi connectivity index (χ2v) is 2.66. The number of rotatable bonds is 2. The van der Waals surface area contributed by atoms with E-state index in [0.717, 1.165) is 0 Å². The average molecular weight is 157 g/mol. The van der Waals surface area contributed by atoms with Crippen molar-refractivity contribution in [2.45, 2.75) is 6.42 Å². The van der Waals surface area contributed by atoms with Crippen LogP contribution >= 0.6 is 0 Å². The number of ketones is 2. The topological polar surface area (TPSA) is 46.6 Å². The fourth-order valence-corrected chi connectivity index (χ4v) is 1.16. The molecule has 0 atom stereocenters. The molecule has 0 saturated carbocycles. The fraction of sp³-hybridized carbons (Fsp3) is 0.714. The van der Waals surface area contributed by atoms with Gasteiger partial charge < -0.3 is 4.74 Å². The molecular weight excluding hydrogens is 146 g/mol. The third-order valence-corrected chi connectivity index (χ3v) is 1.51. The second kappa shape index (κ2) is 3.59. The molecule has 0 bridgehead atoms. The Morgan fingerprint density at radius 3 is 2.36 bits per heavy atom. The molecule has 0 aromatic carbocycles. The molecule has 0 N–H and O–H groups in total. The molecule has 0 radical (unpaired) electrons. The van der Waals surface area contributed by atoms with Crippen LogP contribution in [0.3, 0.4) is 0 Å². The molecular formula is C7H11NO3. The summed E-state index contributed by atoms with van der Waals surface area (Å²) in [4.78, 5) is 23.4. The summed E-state index contributed by atoms with van der Waals surface area (Å²) in [7, 11) is 1.55. The van der Waals surface area contributed by atoms with E-state index in [-0.39, 0.29) is 18.0 Å². The van der Waals surface area contributed by atoms with Gasteiger partial charge in [0.15, 0.2) is 11.6 Å². The Bertz CT molecular complexity index is 163. The van der Waals surface area contributed by atoms with Crippen LogP contribution in [-0.2, 0) is 14.3 Å². The number of ether oxygens (including phenoxy) is 1. The van der Waals surface area contributed by atoms with Crippen molar-refractivity contribution in [3.63, 3.8) is 0 Å².